The summed E-state index contributed by atoms with van der Waals surface area (Å²) in [5.41, 5.74) is 2.61. The van der Waals surface area contributed by atoms with Gasteiger partial charge in [0.25, 0.3) is 5.70 Å². The second-order valence-corrected chi connectivity index (χ2v) is 7.47. The largest absolute Gasteiger partial charge is 0.461 e. The van der Waals surface area contributed by atoms with Crippen LogP contribution in [-0.2, 0) is 14.3 Å². The molecule has 1 aromatic rings. The maximum Gasteiger partial charge on any atom is 0.337 e. The van der Waals surface area contributed by atoms with Crippen LogP contribution in [0.3, 0.4) is 0 Å². The third-order valence-electron chi connectivity index (χ3n) is 4.26. The van der Waals surface area contributed by atoms with Crippen LogP contribution in [0.25, 0.3) is 0 Å². The predicted octanol–water partition coefficient (Wildman–Crippen LogP) is 3.29. The van der Waals surface area contributed by atoms with Crippen molar-refractivity contribution in [3.05, 3.63) is 68.2 Å². The number of dihydropyridines is 1. The van der Waals surface area contributed by atoms with Gasteiger partial charge >= 0.3 is 5.97 Å². The summed E-state index contributed by atoms with van der Waals surface area (Å²) in [5, 5.41) is 14.6. The Morgan fingerprint density at radius 2 is 1.89 bits per heavy atom. The minimum absolute atomic E-state index is 0.0524. The molecule has 0 amide bonds. The van der Waals surface area contributed by atoms with E-state index in [-0.39, 0.29) is 23.0 Å². The molecule has 7 nitrogen and oxygen atoms in total. The van der Waals surface area contributed by atoms with E-state index in [0.29, 0.717) is 22.7 Å². The van der Waals surface area contributed by atoms with Gasteiger partial charge in [0.15, 0.2) is 5.12 Å². The number of rotatable bonds is 6. The van der Waals surface area contributed by atoms with Gasteiger partial charge in [-0.2, -0.15) is 0 Å². The minimum atomic E-state index is -0.824. The number of esters is 1. The second kappa shape index (κ2) is 8.85. The fraction of sp³-hybridized carbons (Fsp3) is 0.368. The minimum Gasteiger partial charge on any atom is -0.461 e. The molecule has 0 saturated carbocycles. The van der Waals surface area contributed by atoms with Gasteiger partial charge in [-0.05, 0) is 31.9 Å². The molecule has 0 spiro atoms. The van der Waals surface area contributed by atoms with Crippen molar-refractivity contribution in [3.8, 4) is 0 Å². The monoisotopic (exact) mass is 390 g/mol. The van der Waals surface area contributed by atoms with Crippen molar-refractivity contribution >= 4 is 22.8 Å². The van der Waals surface area contributed by atoms with Crippen LogP contribution in [0.2, 0.25) is 0 Å². The Balaban J connectivity index is 2.42. The molecule has 144 valence electrons. The van der Waals surface area contributed by atoms with Gasteiger partial charge in [-0.3, -0.25) is 14.9 Å². The van der Waals surface area contributed by atoms with Crippen LogP contribution in [0.5, 0.6) is 0 Å². The highest BCUT2D eigenvalue weighted by molar-refractivity contribution is 8.13. The fourth-order valence-electron chi connectivity index (χ4n) is 3.11. The number of nitro groups is 1. The zero-order chi connectivity index (χ0) is 20.1. The number of hydrogen-bond acceptors (Lipinski definition) is 7. The number of carbonyl (C=O) groups excluding carboxylic acids is 2. The molecule has 1 atom stereocenters. The summed E-state index contributed by atoms with van der Waals surface area (Å²) in [6.07, 6.45) is 0. The lowest BCUT2D eigenvalue weighted by Gasteiger charge is -2.27. The molecule has 2 rings (SSSR count). The van der Waals surface area contributed by atoms with Gasteiger partial charge in [-0.15, -0.1) is 0 Å². The summed E-state index contributed by atoms with van der Waals surface area (Å²) in [6, 6.07) is 7.27. The maximum absolute atomic E-state index is 12.8. The van der Waals surface area contributed by atoms with Crippen LogP contribution in [0.15, 0.2) is 46.9 Å². The van der Waals surface area contributed by atoms with Gasteiger partial charge in [0, 0.05) is 18.4 Å². The Morgan fingerprint density at radius 1 is 1.22 bits per heavy atom. The molecule has 1 N–H and O–H groups in total. The average Bonchev–Trinajstić information content (AvgIpc) is 2.57. The first-order valence-electron chi connectivity index (χ1n) is 8.43. The maximum atomic E-state index is 12.8. The third kappa shape index (κ3) is 4.77. The van der Waals surface area contributed by atoms with E-state index in [1.165, 1.54) is 6.92 Å². The molecule has 1 aliphatic heterocycles. The summed E-state index contributed by atoms with van der Waals surface area (Å²) in [4.78, 5) is 35.1. The quantitative estimate of drug-likeness (QED) is 0.344. The highest BCUT2D eigenvalue weighted by Gasteiger charge is 2.41. The zero-order valence-electron chi connectivity index (χ0n) is 15.7. The van der Waals surface area contributed by atoms with Crippen LogP contribution in [0.1, 0.15) is 37.8 Å². The van der Waals surface area contributed by atoms with Gasteiger partial charge in [0.05, 0.1) is 16.2 Å². The number of hydrogen-bond donors (Lipinski definition) is 1. The molecule has 1 aliphatic rings. The molecule has 27 heavy (non-hydrogen) atoms. The molecule has 0 aliphatic carbocycles. The Morgan fingerprint density at radius 3 is 2.48 bits per heavy atom. The summed E-state index contributed by atoms with van der Waals surface area (Å²) in [7, 11) is 0. The Kier molecular flexibility index (Phi) is 6.79. The number of benzene rings is 1. The standard InChI is InChI=1S/C19H22N2O5S/c1-11-7-5-6-8-15(11)17-16(19(23)26-9-10-27-14(4)22)12(2)20-13(3)18(17)21(24)25/h5-8,17,20H,9-10H2,1-4H3. The second-order valence-electron chi connectivity index (χ2n) is 6.20. The van der Waals surface area contributed by atoms with Crippen LogP contribution < -0.4 is 5.32 Å². The molecule has 0 aromatic heterocycles. The fourth-order valence-corrected chi connectivity index (χ4v) is 3.56. The van der Waals surface area contributed by atoms with Crippen molar-refractivity contribution in [2.75, 3.05) is 12.4 Å². The molecule has 1 aromatic carbocycles. The number of nitrogens with one attached hydrogen (secondary N) is 1. The van der Waals surface area contributed by atoms with Crippen molar-refractivity contribution in [1.29, 1.82) is 0 Å². The Labute approximate surface area is 162 Å². The lowest BCUT2D eigenvalue weighted by Crippen LogP contribution is -2.32. The first-order valence-corrected chi connectivity index (χ1v) is 9.41. The van der Waals surface area contributed by atoms with Crippen molar-refractivity contribution in [2.45, 2.75) is 33.6 Å². The van der Waals surface area contributed by atoms with E-state index in [9.17, 15) is 19.7 Å². The normalized spacial score (nSPS) is 16.8. The summed E-state index contributed by atoms with van der Waals surface area (Å²) in [5.74, 6) is -1.10. The van der Waals surface area contributed by atoms with Crippen LogP contribution in [0.4, 0.5) is 0 Å². The Hall–Kier alpha value is -2.61. The molecule has 8 heteroatoms. The highest BCUT2D eigenvalue weighted by Crippen LogP contribution is 2.39. The topological polar surface area (TPSA) is 98.5 Å². The van der Waals surface area contributed by atoms with E-state index in [2.05, 4.69) is 5.32 Å². The van der Waals surface area contributed by atoms with Gasteiger partial charge in [-0.25, -0.2) is 4.79 Å². The van der Waals surface area contributed by atoms with Crippen molar-refractivity contribution in [3.63, 3.8) is 0 Å². The molecule has 1 heterocycles. The zero-order valence-corrected chi connectivity index (χ0v) is 16.5. The number of carbonyl (C=O) groups is 2. The highest BCUT2D eigenvalue weighted by atomic mass is 32.2. The van der Waals surface area contributed by atoms with E-state index in [4.69, 9.17) is 4.74 Å². The molecular formula is C19H22N2O5S. The van der Waals surface area contributed by atoms with Gasteiger partial charge in [0.2, 0.25) is 0 Å². The van der Waals surface area contributed by atoms with Gasteiger partial charge < -0.3 is 10.1 Å². The number of aryl methyl sites for hydroxylation is 1. The summed E-state index contributed by atoms with van der Waals surface area (Å²) >= 11 is 1.06. The van der Waals surface area contributed by atoms with Crippen LogP contribution >= 0.6 is 11.8 Å². The van der Waals surface area contributed by atoms with Crippen molar-refractivity contribution < 1.29 is 19.2 Å². The average molecular weight is 390 g/mol. The van der Waals surface area contributed by atoms with E-state index in [1.807, 2.05) is 19.1 Å². The van der Waals surface area contributed by atoms with Crippen molar-refractivity contribution in [1.82, 2.24) is 5.32 Å². The van der Waals surface area contributed by atoms with E-state index >= 15 is 0 Å². The molecular weight excluding hydrogens is 368 g/mol. The van der Waals surface area contributed by atoms with Crippen LogP contribution in [-0.4, -0.2) is 28.4 Å². The SMILES string of the molecule is CC(=O)SCCOC(=O)C1=C(C)NC(C)=C([N+](=O)[O-])C1c1ccccc1C. The predicted molar refractivity (Wildman–Crippen MR) is 104 cm³/mol. The molecule has 0 fully saturated rings. The molecule has 0 bridgehead atoms. The van der Waals surface area contributed by atoms with Gasteiger partial charge in [-0.1, -0.05) is 36.0 Å². The van der Waals surface area contributed by atoms with E-state index < -0.39 is 16.8 Å². The number of allylic oxidation sites excluding steroid dienone is 3. The lowest BCUT2D eigenvalue weighted by molar-refractivity contribution is -0.431. The number of thioether (sulfide) groups is 1. The van der Waals surface area contributed by atoms with E-state index in [0.717, 1.165) is 17.3 Å². The Bertz CT molecular complexity index is 844. The van der Waals surface area contributed by atoms with E-state index in [1.54, 1.807) is 26.0 Å². The molecule has 1 unspecified atom stereocenters. The summed E-state index contributed by atoms with van der Waals surface area (Å²) < 4.78 is 5.30. The smallest absolute Gasteiger partial charge is 0.337 e. The first-order chi connectivity index (χ1) is 12.7. The van der Waals surface area contributed by atoms with Gasteiger partial charge in [0.1, 0.15) is 12.5 Å². The third-order valence-corrected chi connectivity index (χ3v) is 5.04. The number of ether oxygens (including phenoxy) is 1. The number of nitrogens with zero attached hydrogens (tertiary/aromatic N) is 1. The lowest BCUT2D eigenvalue weighted by atomic mass is 9.82. The summed E-state index contributed by atoms with van der Waals surface area (Å²) in [6.45, 7) is 6.67. The van der Waals surface area contributed by atoms with Crippen molar-refractivity contribution in [2.24, 2.45) is 0 Å². The molecule has 0 saturated heterocycles. The van der Waals surface area contributed by atoms with Crippen LogP contribution in [0, 0.1) is 17.0 Å². The molecule has 0 radical (unpaired) electrons. The first kappa shape index (κ1) is 20.7.